The first-order valence-corrected chi connectivity index (χ1v) is 2.37. The van der Waals surface area contributed by atoms with E-state index >= 15 is 0 Å². The number of nitrogens with two attached hydrogens (primary N) is 1. The molecule has 0 rings (SSSR count). The molecule has 0 aliphatic heterocycles. The molecule has 0 heterocycles. The molecular formula is C5H11FN2. The van der Waals surface area contributed by atoms with Gasteiger partial charge in [0.05, 0.1) is 0 Å². The number of alkyl halides is 1. The van der Waals surface area contributed by atoms with Crippen molar-refractivity contribution in [2.24, 2.45) is 5.73 Å². The summed E-state index contributed by atoms with van der Waals surface area (Å²) in [4.78, 5) is 1.37. The van der Waals surface area contributed by atoms with Gasteiger partial charge in [0.2, 0.25) is 0 Å². The summed E-state index contributed by atoms with van der Waals surface area (Å²) in [5, 5.41) is 0. The van der Waals surface area contributed by atoms with Gasteiger partial charge in [-0.05, 0) is 6.92 Å². The van der Waals surface area contributed by atoms with Gasteiger partial charge >= 0.3 is 0 Å². The van der Waals surface area contributed by atoms with Crippen molar-refractivity contribution in [3.63, 3.8) is 0 Å². The maximum absolute atomic E-state index is 11.6. The molecule has 0 amide bonds. The summed E-state index contributed by atoms with van der Waals surface area (Å²) in [6.45, 7) is 1.22. The average molecular weight is 118 g/mol. The Bertz CT molecular complexity index is 86.4. The third-order valence-corrected chi connectivity index (χ3v) is 0.613. The Balaban J connectivity index is 3.51. The van der Waals surface area contributed by atoms with E-state index in [1.807, 2.05) is 0 Å². The highest BCUT2D eigenvalue weighted by molar-refractivity contribution is 4.89. The highest BCUT2D eigenvalue weighted by Gasteiger charge is 1.85. The second kappa shape index (κ2) is 3.29. The maximum atomic E-state index is 11.6. The molecule has 0 radical (unpaired) electrons. The fourth-order valence-electron chi connectivity index (χ4n) is 0.382. The molecule has 0 saturated heterocycles. The summed E-state index contributed by atoms with van der Waals surface area (Å²) < 4.78 is 11.6. The largest absolute Gasteiger partial charge is 0.401 e. The van der Waals surface area contributed by atoms with E-state index in [0.717, 1.165) is 0 Å². The van der Waals surface area contributed by atoms with Gasteiger partial charge in [0.15, 0.2) is 6.80 Å². The first-order valence-electron chi connectivity index (χ1n) is 2.37. The van der Waals surface area contributed by atoms with Gasteiger partial charge in [0.1, 0.15) is 0 Å². The second-order valence-corrected chi connectivity index (χ2v) is 1.75. The van der Waals surface area contributed by atoms with Crippen molar-refractivity contribution >= 4 is 0 Å². The van der Waals surface area contributed by atoms with Crippen molar-refractivity contribution in [2.75, 3.05) is 13.8 Å². The topological polar surface area (TPSA) is 29.3 Å². The number of halogens is 1. The van der Waals surface area contributed by atoms with Crippen molar-refractivity contribution in [3.05, 3.63) is 11.9 Å². The molecule has 2 nitrogen and oxygen atoms in total. The van der Waals surface area contributed by atoms with Gasteiger partial charge in [-0.25, -0.2) is 4.39 Å². The van der Waals surface area contributed by atoms with Crippen LogP contribution < -0.4 is 5.73 Å². The molecule has 0 saturated carbocycles. The van der Waals surface area contributed by atoms with Crippen LogP contribution in [-0.4, -0.2) is 18.7 Å². The van der Waals surface area contributed by atoms with Gasteiger partial charge < -0.3 is 10.6 Å². The Hall–Kier alpha value is -0.730. The van der Waals surface area contributed by atoms with Crippen molar-refractivity contribution in [1.82, 2.24) is 4.90 Å². The molecule has 3 heteroatoms. The summed E-state index contributed by atoms with van der Waals surface area (Å²) >= 11 is 0. The van der Waals surface area contributed by atoms with Gasteiger partial charge in [-0.3, -0.25) is 0 Å². The highest BCUT2D eigenvalue weighted by atomic mass is 19.1. The second-order valence-electron chi connectivity index (χ2n) is 1.75. The Morgan fingerprint density at radius 2 is 2.38 bits per heavy atom. The lowest BCUT2D eigenvalue weighted by Crippen LogP contribution is -2.10. The van der Waals surface area contributed by atoms with E-state index in [1.54, 1.807) is 20.2 Å². The van der Waals surface area contributed by atoms with Crippen LogP contribution in [0.3, 0.4) is 0 Å². The number of hydrogen-bond acceptors (Lipinski definition) is 2. The predicted octanol–water partition coefficient (Wildman–Crippen LogP) is 0.665. The van der Waals surface area contributed by atoms with E-state index in [-0.39, 0.29) is 0 Å². The standard InChI is InChI=1S/C5H11FN2/c1-5(7)3-8(2)4-6/h3H,4,7H2,1-2H3/b5-3-. The van der Waals surface area contributed by atoms with E-state index in [9.17, 15) is 4.39 Å². The minimum absolute atomic E-state index is 0.492. The third-order valence-electron chi connectivity index (χ3n) is 0.613. The van der Waals surface area contributed by atoms with Crippen LogP contribution in [0.2, 0.25) is 0 Å². The monoisotopic (exact) mass is 118 g/mol. The predicted molar refractivity (Wildman–Crippen MR) is 31.7 cm³/mol. The quantitative estimate of drug-likeness (QED) is 0.540. The van der Waals surface area contributed by atoms with Gasteiger partial charge in [0, 0.05) is 18.9 Å². The van der Waals surface area contributed by atoms with Gasteiger partial charge in [-0.1, -0.05) is 0 Å². The van der Waals surface area contributed by atoms with Crippen molar-refractivity contribution < 1.29 is 4.39 Å². The van der Waals surface area contributed by atoms with Crippen molar-refractivity contribution in [1.29, 1.82) is 0 Å². The zero-order valence-electron chi connectivity index (χ0n) is 5.19. The summed E-state index contributed by atoms with van der Waals surface area (Å²) in [5.74, 6) is 0. The number of rotatable bonds is 2. The van der Waals surface area contributed by atoms with Gasteiger partial charge in [0.25, 0.3) is 0 Å². The smallest absolute Gasteiger partial charge is 0.161 e. The molecule has 2 N–H and O–H groups in total. The Morgan fingerprint density at radius 3 is 2.50 bits per heavy atom. The molecule has 0 aliphatic rings. The fourth-order valence-corrected chi connectivity index (χ4v) is 0.382. The lowest BCUT2D eigenvalue weighted by Gasteiger charge is -2.06. The molecule has 8 heavy (non-hydrogen) atoms. The van der Waals surface area contributed by atoms with Crippen LogP contribution in [0.5, 0.6) is 0 Å². The van der Waals surface area contributed by atoms with Crippen LogP contribution >= 0.6 is 0 Å². The van der Waals surface area contributed by atoms with Crippen molar-refractivity contribution in [3.8, 4) is 0 Å². The van der Waals surface area contributed by atoms with Crippen LogP contribution in [-0.2, 0) is 0 Å². The Morgan fingerprint density at radius 1 is 1.88 bits per heavy atom. The molecule has 0 unspecified atom stereocenters. The van der Waals surface area contributed by atoms with E-state index in [2.05, 4.69) is 0 Å². The minimum Gasteiger partial charge on any atom is -0.401 e. The van der Waals surface area contributed by atoms with Gasteiger partial charge in [-0.2, -0.15) is 0 Å². The summed E-state index contributed by atoms with van der Waals surface area (Å²) in [6.07, 6.45) is 1.54. The molecule has 0 fully saturated rings. The SMILES string of the molecule is C/C(N)=C/N(C)CF. The van der Waals surface area contributed by atoms with Gasteiger partial charge in [-0.15, -0.1) is 0 Å². The minimum atomic E-state index is -0.492. The van der Waals surface area contributed by atoms with E-state index in [1.165, 1.54) is 4.90 Å². The summed E-state index contributed by atoms with van der Waals surface area (Å²) in [5.41, 5.74) is 5.84. The maximum Gasteiger partial charge on any atom is 0.161 e. The zero-order chi connectivity index (χ0) is 6.57. The molecule has 0 atom stereocenters. The number of hydrogen-bond donors (Lipinski definition) is 1. The van der Waals surface area contributed by atoms with Crippen LogP contribution in [0, 0.1) is 0 Å². The molecule has 0 aliphatic carbocycles. The van der Waals surface area contributed by atoms with Crippen LogP contribution in [0.1, 0.15) is 6.92 Å². The zero-order valence-corrected chi connectivity index (χ0v) is 5.19. The van der Waals surface area contributed by atoms with Crippen LogP contribution in [0.15, 0.2) is 11.9 Å². The highest BCUT2D eigenvalue weighted by Crippen LogP contribution is 1.86. The lowest BCUT2D eigenvalue weighted by molar-refractivity contribution is 0.292. The first-order chi connectivity index (χ1) is 3.66. The third kappa shape index (κ3) is 3.46. The Labute approximate surface area is 48.8 Å². The number of allylic oxidation sites excluding steroid dienone is 1. The lowest BCUT2D eigenvalue weighted by atomic mass is 10.5. The fraction of sp³-hybridized carbons (Fsp3) is 0.600. The van der Waals surface area contributed by atoms with Crippen LogP contribution in [0.4, 0.5) is 4.39 Å². The summed E-state index contributed by atoms with van der Waals surface area (Å²) in [6, 6.07) is 0. The Kier molecular flexibility index (Phi) is 2.99. The van der Waals surface area contributed by atoms with Crippen molar-refractivity contribution in [2.45, 2.75) is 6.92 Å². The van der Waals surface area contributed by atoms with E-state index in [4.69, 9.17) is 5.73 Å². The van der Waals surface area contributed by atoms with E-state index < -0.39 is 6.80 Å². The summed E-state index contributed by atoms with van der Waals surface area (Å²) in [7, 11) is 1.62. The van der Waals surface area contributed by atoms with Crippen LogP contribution in [0.25, 0.3) is 0 Å². The molecule has 0 aromatic heterocycles. The molecule has 0 aromatic carbocycles. The normalized spacial score (nSPS) is 11.6. The first kappa shape index (κ1) is 7.27. The molecule has 48 valence electrons. The number of nitrogens with zero attached hydrogens (tertiary/aromatic N) is 1. The van der Waals surface area contributed by atoms with E-state index in [0.29, 0.717) is 5.70 Å². The molecule has 0 bridgehead atoms. The molecule has 0 spiro atoms. The molecule has 0 aromatic rings. The average Bonchev–Trinajstić information content (AvgIpc) is 1.65. The molecular weight excluding hydrogens is 107 g/mol.